The number of hydrogen-bond donors (Lipinski definition) is 6. The predicted octanol–water partition coefficient (Wildman–Crippen LogP) is -1.12. The van der Waals surface area contributed by atoms with Crippen molar-refractivity contribution >= 4 is 24.6 Å². The Morgan fingerprint density at radius 2 is 1.94 bits per heavy atom. The second kappa shape index (κ2) is 6.99. The van der Waals surface area contributed by atoms with Gasteiger partial charge in [-0.1, -0.05) is 0 Å². The molecular formula is C9H14N4O4S. The number of carbonyl (C=O) groups is 2. The minimum Gasteiger partial charge on any atom is -0.480 e. The van der Waals surface area contributed by atoms with Gasteiger partial charge in [-0.2, -0.15) is 12.6 Å². The average Bonchev–Trinajstić information content (AvgIpc) is 2.80. The van der Waals surface area contributed by atoms with E-state index in [-0.39, 0.29) is 12.2 Å². The van der Waals surface area contributed by atoms with Gasteiger partial charge in [0.1, 0.15) is 12.1 Å². The monoisotopic (exact) mass is 274 g/mol. The van der Waals surface area contributed by atoms with Crippen molar-refractivity contribution in [3.05, 3.63) is 18.2 Å². The number of nitrogens with zero attached hydrogens (tertiary/aromatic N) is 1. The minimum atomic E-state index is -1.11. The molecule has 1 aromatic heterocycles. The number of imidazole rings is 1. The van der Waals surface area contributed by atoms with Crippen molar-refractivity contribution in [1.82, 2.24) is 20.8 Å². The molecule has 9 heteroatoms. The lowest BCUT2D eigenvalue weighted by molar-refractivity contribution is -0.142. The fraction of sp³-hybridized carbons (Fsp3) is 0.444. The normalized spacial score (nSPS) is 14.1. The van der Waals surface area contributed by atoms with Gasteiger partial charge in [0.05, 0.1) is 12.0 Å². The van der Waals surface area contributed by atoms with Crippen molar-refractivity contribution in [2.75, 3.05) is 5.75 Å². The summed E-state index contributed by atoms with van der Waals surface area (Å²) in [7, 11) is 0. The van der Waals surface area contributed by atoms with E-state index in [9.17, 15) is 9.59 Å². The van der Waals surface area contributed by atoms with E-state index in [2.05, 4.69) is 33.4 Å². The number of aromatic amines is 1. The van der Waals surface area contributed by atoms with Gasteiger partial charge in [0, 0.05) is 18.4 Å². The molecule has 1 heterocycles. The summed E-state index contributed by atoms with van der Waals surface area (Å²) < 4.78 is 0. The first-order chi connectivity index (χ1) is 8.54. The molecule has 0 unspecified atom stereocenters. The molecule has 0 spiro atoms. The number of rotatable bonds is 8. The molecule has 0 bridgehead atoms. The fourth-order valence-corrected chi connectivity index (χ4v) is 1.45. The molecule has 5 N–H and O–H groups in total. The van der Waals surface area contributed by atoms with Crippen LogP contribution in [0, 0.1) is 0 Å². The molecule has 100 valence electrons. The molecule has 18 heavy (non-hydrogen) atoms. The van der Waals surface area contributed by atoms with Gasteiger partial charge in [0.2, 0.25) is 0 Å². The second-order valence-corrected chi connectivity index (χ2v) is 3.88. The SMILES string of the molecule is O=C(O)[C@H](CS)NN[C@@H](Cc1c[nH]cn1)C(=O)O. The molecule has 1 aromatic rings. The van der Waals surface area contributed by atoms with Crippen LogP contribution in [0.2, 0.25) is 0 Å². The Balaban J connectivity index is 2.53. The van der Waals surface area contributed by atoms with Crippen molar-refractivity contribution in [3.63, 3.8) is 0 Å². The van der Waals surface area contributed by atoms with Crippen LogP contribution in [0.1, 0.15) is 5.69 Å². The summed E-state index contributed by atoms with van der Waals surface area (Å²) in [5.41, 5.74) is 5.44. The van der Waals surface area contributed by atoms with E-state index >= 15 is 0 Å². The summed E-state index contributed by atoms with van der Waals surface area (Å²) in [6.07, 6.45) is 3.14. The number of aromatic nitrogens is 2. The number of hydrazine groups is 1. The topological polar surface area (TPSA) is 127 Å². The largest absolute Gasteiger partial charge is 0.480 e. The van der Waals surface area contributed by atoms with Crippen molar-refractivity contribution < 1.29 is 19.8 Å². The maximum atomic E-state index is 11.0. The van der Waals surface area contributed by atoms with Gasteiger partial charge in [0.15, 0.2) is 0 Å². The zero-order valence-corrected chi connectivity index (χ0v) is 10.2. The van der Waals surface area contributed by atoms with Gasteiger partial charge < -0.3 is 15.2 Å². The van der Waals surface area contributed by atoms with Gasteiger partial charge in [0.25, 0.3) is 0 Å². The third kappa shape index (κ3) is 4.35. The first-order valence-corrected chi connectivity index (χ1v) is 5.73. The first kappa shape index (κ1) is 14.5. The summed E-state index contributed by atoms with van der Waals surface area (Å²) in [5.74, 6) is -2.17. The highest BCUT2D eigenvalue weighted by atomic mass is 32.1. The molecule has 0 saturated heterocycles. The molecule has 0 fully saturated rings. The van der Waals surface area contributed by atoms with E-state index in [1.54, 1.807) is 6.20 Å². The maximum Gasteiger partial charge on any atom is 0.322 e. The summed E-state index contributed by atoms with van der Waals surface area (Å²) in [6.45, 7) is 0. The van der Waals surface area contributed by atoms with Gasteiger partial charge in [-0.3, -0.25) is 9.59 Å². The van der Waals surface area contributed by atoms with Crippen LogP contribution in [0.3, 0.4) is 0 Å². The molecule has 1 rings (SSSR count). The lowest BCUT2D eigenvalue weighted by Crippen LogP contribution is -2.54. The zero-order chi connectivity index (χ0) is 13.5. The third-order valence-corrected chi connectivity index (χ3v) is 2.54. The predicted molar refractivity (Wildman–Crippen MR) is 65.3 cm³/mol. The van der Waals surface area contributed by atoms with Crippen LogP contribution >= 0.6 is 12.6 Å². The van der Waals surface area contributed by atoms with Crippen LogP contribution in [0.25, 0.3) is 0 Å². The minimum absolute atomic E-state index is 0.0388. The molecule has 8 nitrogen and oxygen atoms in total. The van der Waals surface area contributed by atoms with E-state index in [4.69, 9.17) is 10.2 Å². The first-order valence-electron chi connectivity index (χ1n) is 5.09. The summed E-state index contributed by atoms with van der Waals surface area (Å²) >= 11 is 3.85. The third-order valence-electron chi connectivity index (χ3n) is 2.18. The van der Waals surface area contributed by atoms with E-state index in [0.29, 0.717) is 5.69 Å². The number of carboxylic acids is 2. The van der Waals surface area contributed by atoms with E-state index in [0.717, 1.165) is 0 Å². The van der Waals surface area contributed by atoms with Crippen molar-refractivity contribution in [2.45, 2.75) is 18.5 Å². The molecule has 0 aromatic carbocycles. The molecule has 0 aliphatic heterocycles. The maximum absolute atomic E-state index is 11.0. The Morgan fingerprint density at radius 1 is 1.33 bits per heavy atom. The molecule has 0 aliphatic carbocycles. The lowest BCUT2D eigenvalue weighted by Gasteiger charge is -2.17. The van der Waals surface area contributed by atoms with Crippen LogP contribution in [-0.4, -0.2) is 50.0 Å². The lowest BCUT2D eigenvalue weighted by atomic mass is 10.2. The highest BCUT2D eigenvalue weighted by Crippen LogP contribution is 1.98. The number of nitrogens with one attached hydrogen (secondary N) is 3. The van der Waals surface area contributed by atoms with Crippen molar-refractivity contribution in [3.8, 4) is 0 Å². The molecule has 0 radical (unpaired) electrons. The summed E-state index contributed by atoms with van der Waals surface area (Å²) in [4.78, 5) is 28.3. The van der Waals surface area contributed by atoms with Crippen molar-refractivity contribution in [1.29, 1.82) is 0 Å². The number of thiol groups is 1. The number of aliphatic carboxylic acids is 2. The number of carboxylic acid groups (broad SMARTS) is 2. The van der Waals surface area contributed by atoms with Crippen LogP contribution in [-0.2, 0) is 16.0 Å². The fourth-order valence-electron chi connectivity index (χ4n) is 1.20. The van der Waals surface area contributed by atoms with Crippen LogP contribution < -0.4 is 10.9 Å². The highest BCUT2D eigenvalue weighted by molar-refractivity contribution is 7.80. The Kier molecular flexibility index (Phi) is 5.62. The molecule has 0 aliphatic rings. The summed E-state index contributed by atoms with van der Waals surface area (Å²) in [6, 6.07) is -1.94. The summed E-state index contributed by atoms with van der Waals surface area (Å²) in [5, 5.41) is 17.8. The van der Waals surface area contributed by atoms with Gasteiger partial charge >= 0.3 is 11.9 Å². The number of hydrogen-bond acceptors (Lipinski definition) is 6. The van der Waals surface area contributed by atoms with E-state index in [1.165, 1.54) is 6.33 Å². The molecule has 0 amide bonds. The van der Waals surface area contributed by atoms with Crippen LogP contribution in [0.4, 0.5) is 0 Å². The zero-order valence-electron chi connectivity index (χ0n) is 9.33. The smallest absolute Gasteiger partial charge is 0.322 e. The van der Waals surface area contributed by atoms with Crippen LogP contribution in [0.5, 0.6) is 0 Å². The second-order valence-electron chi connectivity index (χ2n) is 3.52. The quantitative estimate of drug-likeness (QED) is 0.262. The Bertz CT molecular complexity index is 397. The molecule has 0 saturated carbocycles. The molecular weight excluding hydrogens is 260 g/mol. The van der Waals surface area contributed by atoms with E-state index < -0.39 is 24.0 Å². The van der Waals surface area contributed by atoms with Gasteiger partial charge in [-0.05, 0) is 0 Å². The highest BCUT2D eigenvalue weighted by Gasteiger charge is 2.22. The molecule has 2 atom stereocenters. The Morgan fingerprint density at radius 3 is 2.39 bits per heavy atom. The standard InChI is InChI=1S/C9H14N4O4S/c14-8(15)6(1-5-2-10-4-11-5)12-13-7(3-18)9(16)17/h2,4,6-7,12-13,18H,1,3H2,(H,10,11)(H,14,15)(H,16,17)/t6-,7-/m0/s1. The average molecular weight is 274 g/mol. The van der Waals surface area contributed by atoms with Gasteiger partial charge in [-0.25, -0.2) is 15.8 Å². The Labute approximate surface area is 108 Å². The van der Waals surface area contributed by atoms with Gasteiger partial charge in [-0.15, -0.1) is 0 Å². The van der Waals surface area contributed by atoms with E-state index in [1.807, 2.05) is 0 Å². The number of H-pyrrole nitrogens is 1. The van der Waals surface area contributed by atoms with Crippen LogP contribution in [0.15, 0.2) is 12.5 Å². The van der Waals surface area contributed by atoms with Crippen molar-refractivity contribution in [2.24, 2.45) is 0 Å². The Hall–Kier alpha value is -1.58.